The molecule has 0 amide bonds. The number of fused-ring (bicyclic) bond motifs is 1. The largest absolute Gasteiger partial charge is 0.380 e. The predicted octanol–water partition coefficient (Wildman–Crippen LogP) is 3.80. The number of benzene rings is 1. The molecule has 2 saturated heterocycles. The summed E-state index contributed by atoms with van der Waals surface area (Å²) in [4.78, 5) is 9.41. The van der Waals surface area contributed by atoms with E-state index in [0.29, 0.717) is 5.92 Å². The summed E-state index contributed by atoms with van der Waals surface area (Å²) in [6.45, 7) is 6.02. The van der Waals surface area contributed by atoms with Crippen LogP contribution < -0.4 is 9.80 Å². The molecule has 178 valence electrons. The summed E-state index contributed by atoms with van der Waals surface area (Å²) in [6, 6.07) is 6.49. The van der Waals surface area contributed by atoms with Crippen LogP contribution in [0.5, 0.6) is 0 Å². The van der Waals surface area contributed by atoms with Crippen LogP contribution in [0.1, 0.15) is 30.7 Å². The van der Waals surface area contributed by atoms with Crippen molar-refractivity contribution in [1.82, 2.24) is 20.4 Å². The normalized spacial score (nSPS) is 26.1. The van der Waals surface area contributed by atoms with Gasteiger partial charge in [0.1, 0.15) is 16.1 Å². The zero-order valence-electron chi connectivity index (χ0n) is 19.3. The van der Waals surface area contributed by atoms with Gasteiger partial charge in [0, 0.05) is 61.4 Å². The molecule has 3 aliphatic rings. The Bertz CT molecular complexity index is 1150. The maximum atomic E-state index is 6.48. The van der Waals surface area contributed by atoms with Gasteiger partial charge in [-0.2, -0.15) is 0 Å². The Morgan fingerprint density at radius 2 is 2.00 bits per heavy atom. The van der Waals surface area contributed by atoms with Crippen LogP contribution in [0, 0.1) is 5.92 Å². The first-order valence-corrected chi connectivity index (χ1v) is 13.1. The van der Waals surface area contributed by atoms with Gasteiger partial charge in [0.05, 0.1) is 13.2 Å². The van der Waals surface area contributed by atoms with Crippen molar-refractivity contribution in [3.63, 3.8) is 0 Å². The van der Waals surface area contributed by atoms with Crippen molar-refractivity contribution in [1.29, 1.82) is 0 Å². The highest BCUT2D eigenvalue weighted by Gasteiger charge is 2.44. The molecule has 6 rings (SSSR count). The Hall–Kier alpha value is -2.62. The molecule has 0 radical (unpaired) electrons. The minimum atomic E-state index is -0.455. The van der Waals surface area contributed by atoms with Gasteiger partial charge >= 0.3 is 0 Å². The molecule has 3 aromatic rings. The lowest BCUT2D eigenvalue weighted by molar-refractivity contribution is -0.0652. The Labute approximate surface area is 203 Å². The number of nitrogens with zero attached hydrogens (tertiary/aromatic N) is 6. The van der Waals surface area contributed by atoms with E-state index in [1.165, 1.54) is 5.69 Å². The van der Waals surface area contributed by atoms with E-state index in [9.17, 15) is 0 Å². The van der Waals surface area contributed by atoms with E-state index in [4.69, 9.17) is 9.47 Å². The Kier molecular flexibility index (Phi) is 6.15. The molecular formula is C25H30N6O2S. The van der Waals surface area contributed by atoms with Crippen LogP contribution in [0.15, 0.2) is 41.9 Å². The van der Waals surface area contributed by atoms with Crippen LogP contribution in [-0.4, -0.2) is 66.4 Å². The monoisotopic (exact) mass is 478 g/mol. The number of thiazole rings is 1. The fraction of sp³-hybridized carbons (Fsp3) is 0.520. The molecule has 0 aliphatic carbocycles. The molecule has 1 unspecified atom stereocenters. The Morgan fingerprint density at radius 1 is 1.03 bits per heavy atom. The number of rotatable bonds is 4. The highest BCUT2D eigenvalue weighted by atomic mass is 32.1. The molecule has 0 spiro atoms. The molecule has 34 heavy (non-hydrogen) atoms. The molecule has 2 aromatic heterocycles. The van der Waals surface area contributed by atoms with Crippen LogP contribution in [-0.2, 0) is 15.1 Å². The lowest BCUT2D eigenvalue weighted by Gasteiger charge is -2.44. The van der Waals surface area contributed by atoms with Crippen molar-refractivity contribution in [2.24, 2.45) is 5.92 Å². The van der Waals surface area contributed by atoms with E-state index in [0.717, 1.165) is 93.4 Å². The fourth-order valence-electron chi connectivity index (χ4n) is 5.49. The molecule has 0 saturated carbocycles. The highest BCUT2D eigenvalue weighted by molar-refractivity contribution is 7.09. The molecule has 2 fully saturated rings. The third-order valence-corrected chi connectivity index (χ3v) is 8.09. The van der Waals surface area contributed by atoms with E-state index in [1.807, 2.05) is 11.6 Å². The second-order valence-corrected chi connectivity index (χ2v) is 10.1. The number of hydrogen-bond donors (Lipinski definition) is 0. The SMILES string of the molecule is C1=C[C@](c2nccs2)(C2CCCN(c3nnnc4cc(N5CCCOCC5)ccc34)C2)OCC1. The van der Waals surface area contributed by atoms with Gasteiger partial charge in [0.2, 0.25) is 0 Å². The number of anilines is 2. The van der Waals surface area contributed by atoms with Crippen molar-refractivity contribution in [3.05, 3.63) is 46.9 Å². The summed E-state index contributed by atoms with van der Waals surface area (Å²) in [7, 11) is 0. The van der Waals surface area contributed by atoms with Crippen molar-refractivity contribution >= 4 is 33.7 Å². The maximum absolute atomic E-state index is 6.48. The molecule has 3 aliphatic heterocycles. The van der Waals surface area contributed by atoms with Crippen molar-refractivity contribution < 1.29 is 9.47 Å². The van der Waals surface area contributed by atoms with Crippen molar-refractivity contribution in [3.8, 4) is 0 Å². The van der Waals surface area contributed by atoms with Crippen LogP contribution in [0.3, 0.4) is 0 Å². The molecule has 0 bridgehead atoms. The summed E-state index contributed by atoms with van der Waals surface area (Å²) < 4.78 is 12.1. The maximum Gasteiger partial charge on any atom is 0.162 e. The van der Waals surface area contributed by atoms with Gasteiger partial charge in [-0.3, -0.25) is 0 Å². The summed E-state index contributed by atoms with van der Waals surface area (Å²) in [5.41, 5.74) is 1.60. The van der Waals surface area contributed by atoms with Gasteiger partial charge in [-0.25, -0.2) is 4.98 Å². The van der Waals surface area contributed by atoms with Crippen molar-refractivity contribution in [2.75, 3.05) is 55.8 Å². The molecule has 0 N–H and O–H groups in total. The summed E-state index contributed by atoms with van der Waals surface area (Å²) in [6.07, 6.45) is 10.5. The smallest absolute Gasteiger partial charge is 0.162 e. The first-order valence-electron chi connectivity index (χ1n) is 12.3. The standard InChI is InChI=1S/C25H30N6O2S/c1-2-14-33-25(8-1,24-26-9-16-34-24)19-5-3-10-31(18-19)23-21-7-6-20(17-22(21)27-29-28-23)30-11-4-13-32-15-12-30/h1,6-9,16-17,19H,2-5,10-15,18H2/t19?,25-/m1/s1. The molecular weight excluding hydrogens is 448 g/mol. The molecule has 5 heterocycles. The van der Waals surface area contributed by atoms with E-state index in [1.54, 1.807) is 11.3 Å². The molecule has 9 heteroatoms. The first-order chi connectivity index (χ1) is 16.8. The average molecular weight is 479 g/mol. The van der Waals surface area contributed by atoms with E-state index in [-0.39, 0.29) is 0 Å². The van der Waals surface area contributed by atoms with Crippen LogP contribution >= 0.6 is 11.3 Å². The molecule has 1 aromatic carbocycles. The lowest BCUT2D eigenvalue weighted by atomic mass is 9.80. The van der Waals surface area contributed by atoms with Gasteiger partial charge in [-0.1, -0.05) is 6.08 Å². The molecule has 2 atom stereocenters. The van der Waals surface area contributed by atoms with Crippen LogP contribution in [0.4, 0.5) is 11.5 Å². The van der Waals surface area contributed by atoms with Gasteiger partial charge in [0.15, 0.2) is 5.82 Å². The zero-order valence-corrected chi connectivity index (χ0v) is 20.1. The van der Waals surface area contributed by atoms with Gasteiger partial charge < -0.3 is 19.3 Å². The summed E-state index contributed by atoms with van der Waals surface area (Å²) in [5, 5.41) is 17.2. The van der Waals surface area contributed by atoms with Crippen LogP contribution in [0.25, 0.3) is 10.9 Å². The summed E-state index contributed by atoms with van der Waals surface area (Å²) >= 11 is 1.68. The first kappa shape index (κ1) is 21.9. The third-order valence-electron chi connectivity index (χ3n) is 7.19. The minimum absolute atomic E-state index is 0.297. The Morgan fingerprint density at radius 3 is 2.88 bits per heavy atom. The summed E-state index contributed by atoms with van der Waals surface area (Å²) in [5.74, 6) is 1.21. The van der Waals surface area contributed by atoms with Crippen molar-refractivity contribution in [2.45, 2.75) is 31.3 Å². The number of piperidine rings is 1. The van der Waals surface area contributed by atoms with E-state index in [2.05, 4.69) is 60.5 Å². The van der Waals surface area contributed by atoms with Gasteiger partial charge in [0.25, 0.3) is 0 Å². The third kappa shape index (κ3) is 4.06. The number of ether oxygens (including phenoxy) is 2. The van der Waals surface area contributed by atoms with Gasteiger partial charge in [-0.05, 0) is 55.2 Å². The van der Waals surface area contributed by atoms with E-state index >= 15 is 0 Å². The minimum Gasteiger partial charge on any atom is -0.380 e. The lowest BCUT2D eigenvalue weighted by Crippen LogP contribution is -2.48. The second-order valence-electron chi connectivity index (χ2n) is 9.22. The van der Waals surface area contributed by atoms with Gasteiger partial charge in [-0.15, -0.1) is 21.5 Å². The highest BCUT2D eigenvalue weighted by Crippen LogP contribution is 2.43. The van der Waals surface area contributed by atoms with Crippen LogP contribution in [0.2, 0.25) is 0 Å². The topological polar surface area (TPSA) is 76.5 Å². The quantitative estimate of drug-likeness (QED) is 0.524. The average Bonchev–Trinajstić information content (AvgIpc) is 3.32. The Balaban J connectivity index is 1.30. The second kappa shape index (κ2) is 9.56. The zero-order chi connectivity index (χ0) is 22.8. The predicted molar refractivity (Wildman–Crippen MR) is 133 cm³/mol. The number of hydrogen-bond acceptors (Lipinski definition) is 9. The number of aromatic nitrogens is 4. The van der Waals surface area contributed by atoms with E-state index < -0.39 is 5.60 Å². The molecule has 8 nitrogen and oxygen atoms in total. The fourth-order valence-corrected chi connectivity index (χ4v) is 6.34.